The number of hydrogen-bond donors (Lipinski definition) is 4. The van der Waals surface area contributed by atoms with Crippen molar-refractivity contribution in [3.8, 4) is 5.69 Å². The highest BCUT2D eigenvalue weighted by Crippen LogP contribution is 2.23. The number of halogens is 2. The first-order valence-corrected chi connectivity index (χ1v) is 16.5. The van der Waals surface area contributed by atoms with E-state index in [9.17, 15) is 32.7 Å². The SMILES string of the molecule is Cn1c2cnccc2c(=O)n1-c1ccc(C[C@H](NC(=O)c2c(F)cc(NS(=O)(=O)c3ccc(C(=O)NC(C)(C)C)cc3)cc2F)C(=O)O)cc1. The molecule has 0 unspecified atom stereocenters. The van der Waals surface area contributed by atoms with E-state index >= 15 is 8.78 Å². The maximum atomic E-state index is 15.1. The Bertz CT molecular complexity index is 2270. The predicted molar refractivity (Wildman–Crippen MR) is 180 cm³/mol. The summed E-state index contributed by atoms with van der Waals surface area (Å²) >= 11 is 0. The Balaban J connectivity index is 1.28. The van der Waals surface area contributed by atoms with Crippen LogP contribution in [0.4, 0.5) is 14.5 Å². The van der Waals surface area contributed by atoms with Crippen LogP contribution in [0.1, 0.15) is 47.1 Å². The van der Waals surface area contributed by atoms with Crippen LogP contribution < -0.4 is 20.9 Å². The van der Waals surface area contributed by atoms with Crippen LogP contribution in [0.5, 0.6) is 0 Å². The van der Waals surface area contributed by atoms with E-state index in [0.717, 1.165) is 12.1 Å². The van der Waals surface area contributed by atoms with Crippen LogP contribution in [0, 0.1) is 11.6 Å². The van der Waals surface area contributed by atoms with Crippen molar-refractivity contribution in [2.75, 3.05) is 4.72 Å². The molecule has 0 saturated heterocycles. The van der Waals surface area contributed by atoms with Crippen molar-refractivity contribution in [3.63, 3.8) is 0 Å². The number of benzene rings is 3. The minimum absolute atomic E-state index is 0.193. The first-order valence-electron chi connectivity index (χ1n) is 15.0. The molecule has 13 nitrogen and oxygen atoms in total. The largest absolute Gasteiger partial charge is 0.480 e. The summed E-state index contributed by atoms with van der Waals surface area (Å²) in [5.41, 5.74) is -0.754. The van der Waals surface area contributed by atoms with Gasteiger partial charge in [0.1, 0.15) is 23.2 Å². The number of sulfonamides is 1. The molecule has 3 aromatic carbocycles. The number of nitrogens with one attached hydrogen (secondary N) is 3. The first-order chi connectivity index (χ1) is 23.4. The van der Waals surface area contributed by atoms with Crippen LogP contribution in [0.3, 0.4) is 0 Å². The Labute approximate surface area is 284 Å². The Kier molecular flexibility index (Phi) is 9.59. The number of hydrogen-bond acceptors (Lipinski definition) is 7. The average molecular weight is 707 g/mol. The van der Waals surface area contributed by atoms with Crippen molar-refractivity contribution in [2.45, 2.75) is 43.7 Å². The van der Waals surface area contributed by atoms with E-state index in [1.54, 1.807) is 69.0 Å². The monoisotopic (exact) mass is 706 g/mol. The number of aliphatic carboxylic acids is 1. The average Bonchev–Trinajstić information content (AvgIpc) is 3.29. The van der Waals surface area contributed by atoms with Crippen LogP contribution in [0.2, 0.25) is 0 Å². The quantitative estimate of drug-likeness (QED) is 0.169. The van der Waals surface area contributed by atoms with Crippen molar-refractivity contribution < 1.29 is 36.7 Å². The summed E-state index contributed by atoms with van der Waals surface area (Å²) in [6.07, 6.45) is 2.79. The number of carboxylic acids is 1. The summed E-state index contributed by atoms with van der Waals surface area (Å²) in [6, 6.07) is 12.3. The van der Waals surface area contributed by atoms with Gasteiger partial charge < -0.3 is 15.7 Å². The number of carbonyl (C=O) groups excluding carboxylic acids is 2. The third kappa shape index (κ3) is 7.54. The number of aromatic nitrogens is 3. The van der Waals surface area contributed by atoms with E-state index < -0.39 is 62.3 Å². The summed E-state index contributed by atoms with van der Waals surface area (Å²) < 4.78 is 61.0. The molecule has 2 heterocycles. The lowest BCUT2D eigenvalue weighted by Gasteiger charge is -2.20. The second kappa shape index (κ2) is 13.5. The molecule has 2 amide bonds. The fraction of sp³-hybridized carbons (Fsp3) is 0.206. The van der Waals surface area contributed by atoms with Crippen LogP contribution in [0.15, 0.2) is 88.8 Å². The molecule has 0 saturated carbocycles. The topological polar surface area (TPSA) is 181 Å². The van der Waals surface area contributed by atoms with Crippen LogP contribution in [0.25, 0.3) is 16.6 Å². The molecule has 0 bridgehead atoms. The zero-order valence-corrected chi connectivity index (χ0v) is 28.0. The third-order valence-electron chi connectivity index (χ3n) is 7.53. The maximum Gasteiger partial charge on any atom is 0.326 e. The van der Waals surface area contributed by atoms with Gasteiger partial charge in [0.05, 0.1) is 33.4 Å². The highest BCUT2D eigenvalue weighted by Gasteiger charge is 2.27. The second-order valence-electron chi connectivity index (χ2n) is 12.4. The van der Waals surface area contributed by atoms with Gasteiger partial charge in [-0.1, -0.05) is 12.1 Å². The van der Waals surface area contributed by atoms with Gasteiger partial charge >= 0.3 is 5.97 Å². The van der Waals surface area contributed by atoms with Crippen molar-refractivity contribution in [1.29, 1.82) is 0 Å². The van der Waals surface area contributed by atoms with Crippen molar-refractivity contribution in [1.82, 2.24) is 25.0 Å². The summed E-state index contributed by atoms with van der Waals surface area (Å²) in [5.74, 6) is -6.18. The molecule has 260 valence electrons. The van der Waals surface area contributed by atoms with E-state index in [2.05, 4.69) is 15.6 Å². The molecule has 5 aromatic rings. The molecule has 0 spiro atoms. The number of amides is 2. The second-order valence-corrected chi connectivity index (χ2v) is 14.1. The highest BCUT2D eigenvalue weighted by atomic mass is 32.2. The van der Waals surface area contributed by atoms with Gasteiger partial charge in [-0.2, -0.15) is 0 Å². The number of anilines is 1. The Morgan fingerprint density at radius 3 is 2.12 bits per heavy atom. The minimum Gasteiger partial charge on any atom is -0.480 e. The number of pyridine rings is 1. The van der Waals surface area contributed by atoms with Crippen molar-refractivity contribution in [2.24, 2.45) is 7.05 Å². The Morgan fingerprint density at radius 1 is 0.940 bits per heavy atom. The van der Waals surface area contributed by atoms with Crippen molar-refractivity contribution in [3.05, 3.63) is 118 Å². The van der Waals surface area contributed by atoms with Gasteiger partial charge in [0.25, 0.3) is 27.4 Å². The lowest BCUT2D eigenvalue weighted by Crippen LogP contribution is -2.43. The number of nitrogens with zero attached hydrogens (tertiary/aromatic N) is 3. The summed E-state index contributed by atoms with van der Waals surface area (Å²) in [7, 11) is -2.69. The van der Waals surface area contributed by atoms with E-state index in [4.69, 9.17) is 0 Å². The van der Waals surface area contributed by atoms with Gasteiger partial charge in [-0.15, -0.1) is 0 Å². The minimum atomic E-state index is -4.37. The molecule has 50 heavy (non-hydrogen) atoms. The van der Waals surface area contributed by atoms with Gasteiger partial charge in [-0.05, 0) is 80.9 Å². The van der Waals surface area contributed by atoms with Crippen LogP contribution >= 0.6 is 0 Å². The lowest BCUT2D eigenvalue weighted by atomic mass is 10.0. The molecule has 0 fully saturated rings. The van der Waals surface area contributed by atoms with E-state index in [0.29, 0.717) is 34.3 Å². The summed E-state index contributed by atoms with van der Waals surface area (Å²) in [6.45, 7) is 5.34. The van der Waals surface area contributed by atoms with Crippen LogP contribution in [-0.2, 0) is 28.3 Å². The van der Waals surface area contributed by atoms with E-state index in [1.165, 1.54) is 23.0 Å². The molecule has 0 radical (unpaired) electrons. The molecule has 1 atom stereocenters. The molecule has 4 N–H and O–H groups in total. The molecule has 2 aromatic heterocycles. The van der Waals surface area contributed by atoms with Gasteiger partial charge in [-0.25, -0.2) is 26.7 Å². The smallest absolute Gasteiger partial charge is 0.326 e. The first kappa shape index (κ1) is 35.4. The van der Waals surface area contributed by atoms with Gasteiger partial charge in [-0.3, -0.25) is 28.8 Å². The Hall–Kier alpha value is -5.90. The number of rotatable bonds is 10. The Morgan fingerprint density at radius 2 is 1.56 bits per heavy atom. The van der Waals surface area contributed by atoms with Crippen molar-refractivity contribution >= 4 is 44.4 Å². The van der Waals surface area contributed by atoms with E-state index in [-0.39, 0.29) is 22.4 Å². The summed E-state index contributed by atoms with van der Waals surface area (Å²) in [5, 5.41) is 15.1. The number of fused-ring (bicyclic) bond motifs is 1. The highest BCUT2D eigenvalue weighted by molar-refractivity contribution is 7.92. The zero-order valence-electron chi connectivity index (χ0n) is 27.2. The standard InChI is InChI=1S/C34H32F2N6O7S/c1-34(2,3)39-30(43)20-7-11-23(12-8-20)50(48,49)40-21-16-25(35)29(26(36)17-21)31(44)38-27(33(46)47)15-19-5-9-22(10-6-19)42-32(45)24-13-14-37-18-28(24)41(42)4/h5-14,16-18,27,40H,15H2,1-4H3,(H,38,44)(H,39,43)(H,46,47)/t27-/m0/s1. The lowest BCUT2D eigenvalue weighted by molar-refractivity contribution is -0.139. The summed E-state index contributed by atoms with van der Waals surface area (Å²) in [4.78, 5) is 53.9. The van der Waals surface area contributed by atoms with E-state index in [1.807, 2.05) is 4.72 Å². The maximum absolute atomic E-state index is 15.1. The molecule has 5 rings (SSSR count). The number of aryl methyl sites for hydroxylation is 1. The fourth-order valence-corrected chi connectivity index (χ4v) is 6.21. The zero-order chi connectivity index (χ0) is 36.5. The molecule has 0 aliphatic heterocycles. The molecule has 0 aliphatic carbocycles. The number of carbonyl (C=O) groups is 3. The van der Waals surface area contributed by atoms with Gasteiger partial charge in [0, 0.05) is 30.8 Å². The normalized spacial score (nSPS) is 12.4. The molecule has 0 aliphatic rings. The fourth-order valence-electron chi connectivity index (χ4n) is 5.17. The third-order valence-corrected chi connectivity index (χ3v) is 8.93. The molecular weight excluding hydrogens is 674 g/mol. The van der Waals surface area contributed by atoms with Gasteiger partial charge in [0.15, 0.2) is 0 Å². The molecule has 16 heteroatoms. The van der Waals surface area contributed by atoms with Gasteiger partial charge in [0.2, 0.25) is 0 Å². The molecular formula is C34H32F2N6O7S. The number of carboxylic acid groups (broad SMARTS) is 1. The predicted octanol–water partition coefficient (Wildman–Crippen LogP) is 3.76. The van der Waals surface area contributed by atoms with Crippen LogP contribution in [-0.4, -0.2) is 57.2 Å².